The van der Waals surface area contributed by atoms with Crippen LogP contribution in [-0.4, -0.2) is 9.97 Å². The molecule has 2 rings (SSSR count). The second kappa shape index (κ2) is 3.44. The fraction of sp³-hybridized carbons (Fsp3) is 0.111. The van der Waals surface area contributed by atoms with E-state index in [-0.39, 0.29) is 0 Å². The third-order valence-corrected chi connectivity index (χ3v) is 2.66. The van der Waals surface area contributed by atoms with Gasteiger partial charge in [-0.3, -0.25) is 0 Å². The fourth-order valence-electron chi connectivity index (χ4n) is 1.08. The second-order valence-electron chi connectivity index (χ2n) is 2.64. The number of hydrogen-bond donors (Lipinski definition) is 0. The molecule has 66 valence electrons. The van der Waals surface area contributed by atoms with Crippen LogP contribution in [0.15, 0.2) is 23.6 Å². The van der Waals surface area contributed by atoms with Crippen LogP contribution in [0.3, 0.4) is 0 Å². The SMILES string of the molecule is Cc1cc(-c2cccs2)nc(Cl)n1. The van der Waals surface area contributed by atoms with Crippen molar-refractivity contribution >= 4 is 22.9 Å². The summed E-state index contributed by atoms with van der Waals surface area (Å²) in [4.78, 5) is 9.26. The molecule has 0 saturated heterocycles. The molecular formula is C9H7ClN2S. The summed E-state index contributed by atoms with van der Waals surface area (Å²) < 4.78 is 0. The highest BCUT2D eigenvalue weighted by Gasteiger charge is 2.02. The van der Waals surface area contributed by atoms with E-state index >= 15 is 0 Å². The van der Waals surface area contributed by atoms with Crippen LogP contribution in [0.1, 0.15) is 5.69 Å². The lowest BCUT2D eigenvalue weighted by Crippen LogP contribution is -1.88. The van der Waals surface area contributed by atoms with Gasteiger partial charge in [-0.1, -0.05) is 6.07 Å². The summed E-state index contributed by atoms with van der Waals surface area (Å²) in [6, 6.07) is 5.94. The lowest BCUT2D eigenvalue weighted by atomic mass is 10.3. The van der Waals surface area contributed by atoms with Crippen LogP contribution >= 0.6 is 22.9 Å². The van der Waals surface area contributed by atoms with Gasteiger partial charge >= 0.3 is 0 Å². The lowest BCUT2D eigenvalue weighted by Gasteiger charge is -1.98. The van der Waals surface area contributed by atoms with E-state index < -0.39 is 0 Å². The van der Waals surface area contributed by atoms with Gasteiger partial charge in [0, 0.05) is 5.69 Å². The predicted molar refractivity (Wildman–Crippen MR) is 55.1 cm³/mol. The first kappa shape index (κ1) is 8.66. The van der Waals surface area contributed by atoms with E-state index in [0.717, 1.165) is 16.3 Å². The Bertz CT molecular complexity index is 391. The zero-order chi connectivity index (χ0) is 9.26. The molecule has 2 heterocycles. The van der Waals surface area contributed by atoms with Crippen molar-refractivity contribution in [3.05, 3.63) is 34.6 Å². The molecule has 0 fully saturated rings. The molecule has 0 radical (unpaired) electrons. The van der Waals surface area contributed by atoms with E-state index in [1.165, 1.54) is 0 Å². The number of halogens is 1. The van der Waals surface area contributed by atoms with Gasteiger partial charge in [0.25, 0.3) is 0 Å². The molecule has 0 atom stereocenters. The molecule has 4 heteroatoms. The van der Waals surface area contributed by atoms with Gasteiger partial charge in [0.05, 0.1) is 10.6 Å². The van der Waals surface area contributed by atoms with Crippen LogP contribution in [-0.2, 0) is 0 Å². The molecule has 2 aromatic heterocycles. The Balaban J connectivity index is 2.53. The van der Waals surface area contributed by atoms with Gasteiger partial charge in [0.2, 0.25) is 5.28 Å². The highest BCUT2D eigenvalue weighted by atomic mass is 35.5. The third-order valence-electron chi connectivity index (χ3n) is 1.60. The summed E-state index contributed by atoms with van der Waals surface area (Å²) in [6.45, 7) is 1.91. The van der Waals surface area contributed by atoms with Gasteiger partial charge in [0.15, 0.2) is 0 Å². The van der Waals surface area contributed by atoms with Crippen LogP contribution in [0, 0.1) is 6.92 Å². The van der Waals surface area contributed by atoms with E-state index in [4.69, 9.17) is 11.6 Å². The van der Waals surface area contributed by atoms with Crippen molar-refractivity contribution in [1.29, 1.82) is 0 Å². The Morgan fingerprint density at radius 2 is 2.23 bits per heavy atom. The van der Waals surface area contributed by atoms with Gasteiger partial charge in [-0.2, -0.15) is 0 Å². The highest BCUT2D eigenvalue weighted by Crippen LogP contribution is 2.23. The van der Waals surface area contributed by atoms with Crippen LogP contribution in [0.2, 0.25) is 5.28 Å². The Labute approximate surface area is 85.2 Å². The van der Waals surface area contributed by atoms with Crippen molar-refractivity contribution in [2.45, 2.75) is 6.92 Å². The molecule has 0 amide bonds. The number of thiophene rings is 1. The molecule has 13 heavy (non-hydrogen) atoms. The van der Waals surface area contributed by atoms with Gasteiger partial charge in [-0.05, 0) is 36.0 Å². The van der Waals surface area contributed by atoms with Crippen LogP contribution in [0.25, 0.3) is 10.6 Å². The summed E-state index contributed by atoms with van der Waals surface area (Å²) in [5, 5.41) is 2.32. The monoisotopic (exact) mass is 210 g/mol. The predicted octanol–water partition coefficient (Wildman–Crippen LogP) is 3.17. The normalized spacial score (nSPS) is 10.3. The van der Waals surface area contributed by atoms with Gasteiger partial charge in [-0.25, -0.2) is 9.97 Å². The molecule has 0 N–H and O–H groups in total. The molecule has 2 nitrogen and oxygen atoms in total. The Kier molecular flexibility index (Phi) is 2.29. The minimum Gasteiger partial charge on any atom is -0.223 e. The largest absolute Gasteiger partial charge is 0.223 e. The summed E-state index contributed by atoms with van der Waals surface area (Å²) >= 11 is 7.39. The molecule has 0 aromatic carbocycles. The number of nitrogens with zero attached hydrogens (tertiary/aromatic N) is 2. The summed E-state index contributed by atoms with van der Waals surface area (Å²) in [6.07, 6.45) is 0. The minimum atomic E-state index is 0.309. The van der Waals surface area contributed by atoms with Crippen molar-refractivity contribution in [1.82, 2.24) is 9.97 Å². The van der Waals surface area contributed by atoms with E-state index in [9.17, 15) is 0 Å². The van der Waals surface area contributed by atoms with Crippen LogP contribution in [0.4, 0.5) is 0 Å². The van der Waals surface area contributed by atoms with E-state index in [1.807, 2.05) is 30.5 Å². The highest BCUT2D eigenvalue weighted by molar-refractivity contribution is 7.13. The van der Waals surface area contributed by atoms with Crippen molar-refractivity contribution in [2.24, 2.45) is 0 Å². The van der Waals surface area contributed by atoms with E-state index in [1.54, 1.807) is 11.3 Å². The quantitative estimate of drug-likeness (QED) is 0.676. The second-order valence-corrected chi connectivity index (χ2v) is 3.93. The van der Waals surface area contributed by atoms with Gasteiger partial charge in [0.1, 0.15) is 0 Å². The van der Waals surface area contributed by atoms with Crippen LogP contribution in [0.5, 0.6) is 0 Å². The number of rotatable bonds is 1. The fourth-order valence-corrected chi connectivity index (χ4v) is 1.99. The first-order valence-corrected chi connectivity index (χ1v) is 5.06. The van der Waals surface area contributed by atoms with Crippen molar-refractivity contribution in [3.8, 4) is 10.6 Å². The summed E-state index contributed by atoms with van der Waals surface area (Å²) in [7, 11) is 0. The van der Waals surface area contributed by atoms with Crippen LogP contribution < -0.4 is 0 Å². The first-order chi connectivity index (χ1) is 6.25. The molecule has 0 aliphatic rings. The number of hydrogen-bond acceptors (Lipinski definition) is 3. The van der Waals surface area contributed by atoms with Gasteiger partial charge in [-0.15, -0.1) is 11.3 Å². The molecular weight excluding hydrogens is 204 g/mol. The number of aryl methyl sites for hydroxylation is 1. The van der Waals surface area contributed by atoms with E-state index in [0.29, 0.717) is 5.28 Å². The van der Waals surface area contributed by atoms with Crippen molar-refractivity contribution in [2.75, 3.05) is 0 Å². The standard InChI is InChI=1S/C9H7ClN2S/c1-6-5-7(12-9(10)11-6)8-3-2-4-13-8/h2-5H,1H3. The number of aromatic nitrogens is 2. The average molecular weight is 211 g/mol. The zero-order valence-electron chi connectivity index (χ0n) is 6.99. The summed E-state index contributed by atoms with van der Waals surface area (Å²) in [5.41, 5.74) is 1.79. The molecule has 0 aliphatic heterocycles. The Hall–Kier alpha value is -0.930. The van der Waals surface area contributed by atoms with Gasteiger partial charge < -0.3 is 0 Å². The smallest absolute Gasteiger partial charge is 0.223 e. The van der Waals surface area contributed by atoms with Crippen molar-refractivity contribution in [3.63, 3.8) is 0 Å². The lowest BCUT2D eigenvalue weighted by molar-refractivity contribution is 1.11. The molecule has 0 saturated carbocycles. The Morgan fingerprint density at radius 1 is 1.38 bits per heavy atom. The third kappa shape index (κ3) is 1.87. The minimum absolute atomic E-state index is 0.309. The van der Waals surface area contributed by atoms with Crippen molar-refractivity contribution < 1.29 is 0 Å². The van der Waals surface area contributed by atoms with E-state index in [2.05, 4.69) is 9.97 Å². The summed E-state index contributed by atoms with van der Waals surface area (Å²) in [5.74, 6) is 0. The maximum absolute atomic E-state index is 5.75. The zero-order valence-corrected chi connectivity index (χ0v) is 8.56. The molecule has 0 unspecified atom stereocenters. The first-order valence-electron chi connectivity index (χ1n) is 3.81. The molecule has 0 spiro atoms. The average Bonchev–Trinajstić information content (AvgIpc) is 2.53. The Morgan fingerprint density at radius 3 is 2.85 bits per heavy atom. The molecule has 0 aliphatic carbocycles. The maximum Gasteiger partial charge on any atom is 0.223 e. The topological polar surface area (TPSA) is 25.8 Å². The maximum atomic E-state index is 5.75. The molecule has 0 bridgehead atoms. The molecule has 2 aromatic rings.